The van der Waals surface area contributed by atoms with Crippen LogP contribution in [0.5, 0.6) is 0 Å². The molecule has 11 heavy (non-hydrogen) atoms. The van der Waals surface area contributed by atoms with E-state index in [-0.39, 0.29) is 6.04 Å². The van der Waals surface area contributed by atoms with E-state index in [1.807, 2.05) is 0 Å². The summed E-state index contributed by atoms with van der Waals surface area (Å²) in [6.07, 6.45) is 4.47. The van der Waals surface area contributed by atoms with Crippen molar-refractivity contribution >= 4 is 6.29 Å². The SMILES string of the molecule is C=C1CC2CCC1N[C@@H]2C=O. The van der Waals surface area contributed by atoms with Gasteiger partial charge in [0.05, 0.1) is 6.04 Å². The number of aldehydes is 1. The third-order valence-electron chi connectivity index (χ3n) is 2.89. The van der Waals surface area contributed by atoms with Gasteiger partial charge in [-0.3, -0.25) is 0 Å². The molecule has 0 amide bonds. The largest absolute Gasteiger partial charge is 0.302 e. The van der Waals surface area contributed by atoms with E-state index in [2.05, 4.69) is 11.9 Å². The molecule has 0 aromatic heterocycles. The van der Waals surface area contributed by atoms with E-state index in [9.17, 15) is 4.79 Å². The summed E-state index contributed by atoms with van der Waals surface area (Å²) in [5, 5.41) is 3.28. The van der Waals surface area contributed by atoms with E-state index >= 15 is 0 Å². The molecule has 0 radical (unpaired) electrons. The van der Waals surface area contributed by atoms with Crippen LogP contribution in [-0.2, 0) is 4.79 Å². The molecule has 3 aliphatic rings. The minimum atomic E-state index is 0.110. The summed E-state index contributed by atoms with van der Waals surface area (Å²) in [5.41, 5.74) is 1.29. The lowest BCUT2D eigenvalue weighted by Crippen LogP contribution is -2.53. The van der Waals surface area contributed by atoms with Crippen LogP contribution in [0.25, 0.3) is 0 Å². The molecule has 3 atom stereocenters. The second-order valence-electron chi connectivity index (χ2n) is 3.58. The first-order valence-electron chi connectivity index (χ1n) is 4.20. The van der Waals surface area contributed by atoms with Gasteiger partial charge in [0.2, 0.25) is 0 Å². The van der Waals surface area contributed by atoms with Crippen molar-refractivity contribution in [2.45, 2.75) is 31.3 Å². The molecule has 2 heteroatoms. The molecule has 3 fully saturated rings. The molecule has 1 aliphatic carbocycles. The van der Waals surface area contributed by atoms with Crippen molar-refractivity contribution in [3.8, 4) is 0 Å². The van der Waals surface area contributed by atoms with Gasteiger partial charge in [-0.25, -0.2) is 0 Å². The van der Waals surface area contributed by atoms with Crippen molar-refractivity contribution < 1.29 is 4.79 Å². The van der Waals surface area contributed by atoms with E-state index in [4.69, 9.17) is 0 Å². The van der Waals surface area contributed by atoms with Crippen LogP contribution in [0, 0.1) is 5.92 Å². The van der Waals surface area contributed by atoms with Gasteiger partial charge in [0.25, 0.3) is 0 Å². The number of carbonyl (C=O) groups is 1. The second-order valence-corrected chi connectivity index (χ2v) is 3.58. The maximum absolute atomic E-state index is 10.6. The third kappa shape index (κ3) is 1.02. The molecule has 1 saturated carbocycles. The van der Waals surface area contributed by atoms with Gasteiger partial charge >= 0.3 is 0 Å². The molecule has 2 heterocycles. The summed E-state index contributed by atoms with van der Waals surface area (Å²) in [4.78, 5) is 10.6. The molecular weight excluding hydrogens is 138 g/mol. The summed E-state index contributed by atoms with van der Waals surface area (Å²) in [6, 6.07) is 0.537. The molecule has 2 saturated heterocycles. The normalized spacial score (nSPS) is 42.5. The number of fused-ring (bicyclic) bond motifs is 3. The molecule has 3 rings (SSSR count). The summed E-state index contributed by atoms with van der Waals surface area (Å²) in [5.74, 6) is 0.532. The second kappa shape index (κ2) is 2.45. The van der Waals surface area contributed by atoms with Crippen LogP contribution in [0.1, 0.15) is 19.3 Å². The van der Waals surface area contributed by atoms with Crippen molar-refractivity contribution in [3.05, 3.63) is 12.2 Å². The Labute approximate surface area is 66.7 Å². The first-order chi connectivity index (χ1) is 5.31. The highest BCUT2D eigenvalue weighted by molar-refractivity contribution is 5.59. The van der Waals surface area contributed by atoms with Crippen molar-refractivity contribution in [3.63, 3.8) is 0 Å². The van der Waals surface area contributed by atoms with Gasteiger partial charge in [-0.1, -0.05) is 12.2 Å². The lowest BCUT2D eigenvalue weighted by Gasteiger charge is -2.42. The molecular formula is C9H13NO. The zero-order chi connectivity index (χ0) is 7.84. The van der Waals surface area contributed by atoms with Crippen LogP contribution in [0.3, 0.4) is 0 Å². The van der Waals surface area contributed by atoms with Gasteiger partial charge in [0.1, 0.15) is 6.29 Å². The number of piperidine rings is 2. The van der Waals surface area contributed by atoms with Gasteiger partial charge in [0, 0.05) is 6.04 Å². The molecule has 2 nitrogen and oxygen atoms in total. The average molecular weight is 151 g/mol. The Hall–Kier alpha value is -0.630. The molecule has 1 N–H and O–H groups in total. The van der Waals surface area contributed by atoms with Crippen LogP contribution in [0.4, 0.5) is 0 Å². The summed E-state index contributed by atoms with van der Waals surface area (Å²) in [6.45, 7) is 3.99. The van der Waals surface area contributed by atoms with Crippen molar-refractivity contribution in [1.82, 2.24) is 5.32 Å². The van der Waals surface area contributed by atoms with Crippen LogP contribution < -0.4 is 5.32 Å². The Bertz CT molecular complexity index is 200. The zero-order valence-electron chi connectivity index (χ0n) is 6.55. The van der Waals surface area contributed by atoms with Crippen molar-refractivity contribution in [1.29, 1.82) is 0 Å². The first kappa shape index (κ1) is 7.04. The fourth-order valence-electron chi connectivity index (χ4n) is 2.19. The standard InChI is InChI=1S/C9H13NO/c1-6-4-7-2-3-8(6)10-9(7)5-11/h5,7-10H,1-4H2/t7?,8?,9-/m1/s1. The van der Waals surface area contributed by atoms with Crippen LogP contribution in [0.15, 0.2) is 12.2 Å². The van der Waals surface area contributed by atoms with E-state index in [1.165, 1.54) is 18.4 Å². The minimum absolute atomic E-state index is 0.110. The zero-order valence-corrected chi connectivity index (χ0v) is 6.55. The van der Waals surface area contributed by atoms with Gasteiger partial charge < -0.3 is 10.1 Å². The highest BCUT2D eigenvalue weighted by Crippen LogP contribution is 2.34. The van der Waals surface area contributed by atoms with Crippen molar-refractivity contribution in [2.24, 2.45) is 5.92 Å². The average Bonchev–Trinajstić information content (AvgIpc) is 2.05. The van der Waals surface area contributed by atoms with Gasteiger partial charge in [0.15, 0.2) is 0 Å². The molecule has 0 spiro atoms. The number of hydrogen-bond acceptors (Lipinski definition) is 2. The van der Waals surface area contributed by atoms with Gasteiger partial charge in [-0.05, 0) is 25.2 Å². The fraction of sp³-hybridized carbons (Fsp3) is 0.667. The van der Waals surface area contributed by atoms with Crippen LogP contribution in [-0.4, -0.2) is 18.4 Å². The van der Waals surface area contributed by atoms with E-state index in [1.54, 1.807) is 0 Å². The molecule has 0 aromatic rings. The monoisotopic (exact) mass is 151 g/mol. The number of rotatable bonds is 1. The quantitative estimate of drug-likeness (QED) is 0.445. The van der Waals surface area contributed by atoms with Gasteiger partial charge in [-0.2, -0.15) is 0 Å². The van der Waals surface area contributed by atoms with Gasteiger partial charge in [-0.15, -0.1) is 0 Å². The molecule has 60 valence electrons. The predicted molar refractivity (Wildman–Crippen MR) is 43.3 cm³/mol. The molecule has 0 aromatic carbocycles. The maximum atomic E-state index is 10.6. The number of carbonyl (C=O) groups excluding carboxylic acids is 1. The Kier molecular flexibility index (Phi) is 1.57. The Morgan fingerprint density at radius 3 is 2.82 bits per heavy atom. The lowest BCUT2D eigenvalue weighted by atomic mass is 9.74. The number of hydrogen-bond donors (Lipinski definition) is 1. The summed E-state index contributed by atoms with van der Waals surface area (Å²) < 4.78 is 0. The molecule has 2 bridgehead atoms. The minimum Gasteiger partial charge on any atom is -0.302 e. The number of nitrogens with one attached hydrogen (secondary N) is 1. The fourth-order valence-corrected chi connectivity index (χ4v) is 2.19. The van der Waals surface area contributed by atoms with Crippen LogP contribution >= 0.6 is 0 Å². The highest BCUT2D eigenvalue weighted by atomic mass is 16.1. The summed E-state index contributed by atoms with van der Waals surface area (Å²) in [7, 11) is 0. The van der Waals surface area contributed by atoms with Crippen molar-refractivity contribution in [2.75, 3.05) is 0 Å². The topological polar surface area (TPSA) is 29.1 Å². The van der Waals surface area contributed by atoms with E-state index < -0.39 is 0 Å². The Morgan fingerprint density at radius 2 is 2.36 bits per heavy atom. The highest BCUT2D eigenvalue weighted by Gasteiger charge is 2.36. The van der Waals surface area contributed by atoms with E-state index in [0.717, 1.165) is 12.7 Å². The Morgan fingerprint density at radius 1 is 1.55 bits per heavy atom. The first-order valence-corrected chi connectivity index (χ1v) is 4.20. The predicted octanol–water partition coefficient (Wildman–Crippen LogP) is 0.882. The maximum Gasteiger partial charge on any atom is 0.137 e. The molecule has 2 aliphatic heterocycles. The smallest absolute Gasteiger partial charge is 0.137 e. The van der Waals surface area contributed by atoms with Crippen LogP contribution in [0.2, 0.25) is 0 Å². The Balaban J connectivity index is 2.15. The third-order valence-corrected chi connectivity index (χ3v) is 2.89. The van der Waals surface area contributed by atoms with E-state index in [0.29, 0.717) is 12.0 Å². The molecule has 2 unspecified atom stereocenters. The lowest BCUT2D eigenvalue weighted by molar-refractivity contribution is -0.111. The summed E-state index contributed by atoms with van der Waals surface area (Å²) >= 11 is 0.